The van der Waals surface area contributed by atoms with E-state index in [-0.39, 0.29) is 59.8 Å². The summed E-state index contributed by atoms with van der Waals surface area (Å²) in [4.78, 5) is 69.0. The van der Waals surface area contributed by atoms with Gasteiger partial charge in [0.05, 0.1) is 18.5 Å². The van der Waals surface area contributed by atoms with Crippen LogP contribution in [0.3, 0.4) is 0 Å². The number of carbonyl (C=O) groups is 4. The quantitative estimate of drug-likeness (QED) is 0.239. The molecule has 4 bridgehead atoms. The van der Waals surface area contributed by atoms with Crippen LogP contribution in [0.4, 0.5) is 0 Å². The second-order valence-corrected chi connectivity index (χ2v) is 14.9. The molecule has 0 saturated carbocycles. The number of aromatic nitrogens is 3. The average Bonchev–Trinajstić information content (AvgIpc) is 3.76. The van der Waals surface area contributed by atoms with Crippen LogP contribution in [-0.4, -0.2) is 63.1 Å². The monoisotopic (exact) mass is 715 g/mol. The first-order valence-corrected chi connectivity index (χ1v) is 18.8. The van der Waals surface area contributed by atoms with Gasteiger partial charge in [-0.3, -0.25) is 24.2 Å². The highest BCUT2D eigenvalue weighted by atomic mass is 32.1. The molecule has 0 spiro atoms. The summed E-state index contributed by atoms with van der Waals surface area (Å²) in [5, 5.41) is 13.9. The van der Waals surface area contributed by atoms with Crippen molar-refractivity contribution in [1.82, 2.24) is 35.8 Å². The van der Waals surface area contributed by atoms with E-state index in [1.807, 2.05) is 56.3 Å². The fraction of sp³-hybridized carbons (Fsp3) is 0.432. The molecule has 4 heterocycles. The van der Waals surface area contributed by atoms with Gasteiger partial charge in [0.1, 0.15) is 21.4 Å². The highest BCUT2D eigenvalue weighted by molar-refractivity contribution is 7.10. The molecule has 13 heteroatoms. The van der Waals surface area contributed by atoms with Crippen molar-refractivity contribution in [2.75, 3.05) is 19.6 Å². The van der Waals surface area contributed by atoms with E-state index in [2.05, 4.69) is 44.7 Å². The minimum Gasteiger partial charge on any atom is -0.351 e. The molecule has 0 saturated heterocycles. The van der Waals surface area contributed by atoms with Gasteiger partial charge in [0, 0.05) is 48.2 Å². The highest BCUT2D eigenvalue weighted by Crippen LogP contribution is 2.27. The summed E-state index contributed by atoms with van der Waals surface area (Å²) in [6.07, 6.45) is 2.60. The molecule has 0 unspecified atom stereocenters. The zero-order chi connectivity index (χ0) is 35.6. The van der Waals surface area contributed by atoms with Gasteiger partial charge in [0.15, 0.2) is 0 Å². The number of rotatable bonds is 6. The molecule has 50 heavy (non-hydrogen) atoms. The molecule has 0 aliphatic carbocycles. The normalized spacial score (nSPS) is 18.2. The van der Waals surface area contributed by atoms with Crippen LogP contribution in [-0.2, 0) is 22.4 Å². The Balaban J connectivity index is 1.39. The third-order valence-corrected chi connectivity index (χ3v) is 10.2. The van der Waals surface area contributed by atoms with Gasteiger partial charge in [-0.25, -0.2) is 9.97 Å². The molecule has 1 aromatic carbocycles. The molecule has 0 radical (unpaired) electrons. The first-order valence-electron chi connectivity index (χ1n) is 17.1. The third kappa shape index (κ3) is 10.5. The Morgan fingerprint density at radius 3 is 2.16 bits per heavy atom. The van der Waals surface area contributed by atoms with Crippen LogP contribution in [0.15, 0.2) is 53.2 Å². The largest absolute Gasteiger partial charge is 0.351 e. The molecule has 3 aromatic heterocycles. The number of hydrogen-bond acceptors (Lipinski definition) is 9. The first-order chi connectivity index (χ1) is 24.0. The summed E-state index contributed by atoms with van der Waals surface area (Å²) in [7, 11) is 0. The molecule has 1 aliphatic heterocycles. The lowest BCUT2D eigenvalue weighted by Crippen LogP contribution is -2.37. The number of benzene rings is 1. The Bertz CT molecular complexity index is 1770. The number of hydrogen-bond donors (Lipinski definition) is 3. The molecular weight excluding hydrogens is 671 g/mol. The van der Waals surface area contributed by atoms with Gasteiger partial charge >= 0.3 is 0 Å². The average molecular weight is 716 g/mol. The van der Waals surface area contributed by atoms with Gasteiger partial charge in [-0.15, -0.1) is 22.7 Å². The van der Waals surface area contributed by atoms with Crippen LogP contribution in [0.5, 0.6) is 0 Å². The number of thiazole rings is 2. The molecule has 0 fully saturated rings. The summed E-state index contributed by atoms with van der Waals surface area (Å²) in [5.41, 5.74) is 4.15. The molecule has 11 nitrogen and oxygen atoms in total. The Hall–Kier alpha value is -4.49. The van der Waals surface area contributed by atoms with Crippen LogP contribution < -0.4 is 16.0 Å². The van der Waals surface area contributed by atoms with E-state index >= 15 is 0 Å². The summed E-state index contributed by atoms with van der Waals surface area (Å²) >= 11 is 2.66. The van der Waals surface area contributed by atoms with Gasteiger partial charge in [0.2, 0.25) is 11.8 Å². The summed E-state index contributed by atoms with van der Waals surface area (Å²) in [6.45, 7) is 9.15. The molecule has 264 valence electrons. The Labute approximate surface area is 301 Å². The number of nitrogens with zero attached hydrogens (tertiary/aromatic N) is 4. The van der Waals surface area contributed by atoms with Gasteiger partial charge in [0.25, 0.3) is 11.8 Å². The minimum absolute atomic E-state index is 0.0427. The van der Waals surface area contributed by atoms with E-state index in [9.17, 15) is 19.2 Å². The lowest BCUT2D eigenvalue weighted by atomic mass is 10.0. The summed E-state index contributed by atoms with van der Waals surface area (Å²) in [6, 6.07) is 12.8. The number of pyridine rings is 1. The maximum atomic E-state index is 13.6. The van der Waals surface area contributed by atoms with Crippen molar-refractivity contribution in [3.05, 3.63) is 97.1 Å². The van der Waals surface area contributed by atoms with Gasteiger partial charge in [-0.1, -0.05) is 44.2 Å². The zero-order valence-electron chi connectivity index (χ0n) is 29.0. The van der Waals surface area contributed by atoms with Crippen LogP contribution in [0.2, 0.25) is 0 Å². The molecule has 4 amide bonds. The molecule has 4 aromatic rings. The first kappa shape index (κ1) is 36.8. The smallest absolute Gasteiger partial charge is 0.271 e. The number of amides is 4. The van der Waals surface area contributed by atoms with Crippen LogP contribution >= 0.6 is 22.7 Å². The van der Waals surface area contributed by atoms with E-state index in [0.29, 0.717) is 55.3 Å². The molecule has 2 atom stereocenters. The summed E-state index contributed by atoms with van der Waals surface area (Å²) in [5.74, 6) is -0.572. The van der Waals surface area contributed by atoms with E-state index in [1.54, 1.807) is 15.7 Å². The third-order valence-electron chi connectivity index (χ3n) is 8.31. The maximum Gasteiger partial charge on any atom is 0.271 e. The van der Waals surface area contributed by atoms with Crippen molar-refractivity contribution in [1.29, 1.82) is 0 Å². The van der Waals surface area contributed by atoms with Crippen LogP contribution in [0.25, 0.3) is 0 Å². The van der Waals surface area contributed by atoms with Crippen molar-refractivity contribution in [2.45, 2.75) is 78.3 Å². The second-order valence-electron chi connectivity index (χ2n) is 13.1. The predicted molar refractivity (Wildman–Crippen MR) is 195 cm³/mol. The fourth-order valence-electron chi connectivity index (χ4n) is 6.01. The van der Waals surface area contributed by atoms with E-state index < -0.39 is 6.04 Å². The van der Waals surface area contributed by atoms with Crippen molar-refractivity contribution < 1.29 is 19.2 Å². The molecule has 3 N–H and O–H groups in total. The minimum atomic E-state index is -0.491. The molecule has 5 rings (SSSR count). The molecule has 1 aliphatic rings. The van der Waals surface area contributed by atoms with E-state index in [4.69, 9.17) is 0 Å². The Kier molecular flexibility index (Phi) is 12.8. The number of carbonyl (C=O) groups excluding carboxylic acids is 4. The standard InChI is InChI=1S/C37H45N7O4S2/c1-23(2)16-28-36-43-31(22-50-36)35(48)41-29(19-26-10-6-5-7-11-26)37-42-30(21-49-37)34(47)38-13-9-15-44(14-8-12-32(45)40-28)33(46)20-27-17-24(3)39-25(4)18-27/h5-7,10-11,17-18,21-23,28-29H,8-9,12-16,19-20H2,1-4H3,(H,38,47)(H,40,45)(H,41,48)/t28-,29-/m0/s1. The van der Waals surface area contributed by atoms with E-state index in [1.165, 1.54) is 22.7 Å². The molecular formula is C37H45N7O4S2. The van der Waals surface area contributed by atoms with Crippen molar-refractivity contribution in [3.8, 4) is 0 Å². The zero-order valence-corrected chi connectivity index (χ0v) is 30.7. The van der Waals surface area contributed by atoms with Gasteiger partial charge in [-0.05, 0) is 68.7 Å². The predicted octanol–water partition coefficient (Wildman–Crippen LogP) is 5.51. The number of nitrogens with one attached hydrogen (secondary N) is 3. The lowest BCUT2D eigenvalue weighted by molar-refractivity contribution is -0.131. The lowest BCUT2D eigenvalue weighted by Gasteiger charge is -2.24. The van der Waals surface area contributed by atoms with Gasteiger partial charge in [-0.2, -0.15) is 0 Å². The van der Waals surface area contributed by atoms with Crippen LogP contribution in [0, 0.1) is 19.8 Å². The number of fused-ring (bicyclic) bond motifs is 4. The van der Waals surface area contributed by atoms with Gasteiger partial charge < -0.3 is 20.9 Å². The highest BCUT2D eigenvalue weighted by Gasteiger charge is 2.26. The number of aryl methyl sites for hydroxylation is 2. The maximum absolute atomic E-state index is 13.6. The summed E-state index contributed by atoms with van der Waals surface area (Å²) < 4.78 is 0. The SMILES string of the molecule is Cc1cc(CC(=O)N2CCCNC(=O)c3csc(n3)[C@H](Cc3ccccc3)NC(=O)c3csc(n3)[C@H](CC(C)C)NC(=O)CCC2)cc(C)n1. The van der Waals surface area contributed by atoms with Crippen molar-refractivity contribution in [3.63, 3.8) is 0 Å². The fourth-order valence-corrected chi connectivity index (χ4v) is 7.72. The van der Waals surface area contributed by atoms with Crippen LogP contribution in [0.1, 0.15) is 105 Å². The van der Waals surface area contributed by atoms with E-state index in [0.717, 1.165) is 22.5 Å². The Morgan fingerprint density at radius 1 is 0.840 bits per heavy atom. The Morgan fingerprint density at radius 2 is 1.48 bits per heavy atom. The topological polar surface area (TPSA) is 146 Å². The van der Waals surface area contributed by atoms with Crippen molar-refractivity contribution in [2.24, 2.45) is 5.92 Å². The van der Waals surface area contributed by atoms with Crippen molar-refractivity contribution >= 4 is 46.3 Å². The second kappa shape index (κ2) is 17.4.